The van der Waals surface area contributed by atoms with Crippen LogP contribution in [0.3, 0.4) is 0 Å². The van der Waals surface area contributed by atoms with Crippen molar-refractivity contribution in [3.8, 4) is 0 Å². The van der Waals surface area contributed by atoms with Crippen LogP contribution in [0, 0.1) is 0 Å². The second-order valence-corrected chi connectivity index (χ2v) is 5.62. The van der Waals surface area contributed by atoms with Crippen LogP contribution in [0.2, 0.25) is 5.02 Å². The molecular weight excluding hydrogens is 286 g/mol. The summed E-state index contributed by atoms with van der Waals surface area (Å²) in [7, 11) is 0. The zero-order valence-electron chi connectivity index (χ0n) is 11.5. The van der Waals surface area contributed by atoms with Crippen molar-refractivity contribution in [3.63, 3.8) is 0 Å². The molecule has 1 aliphatic heterocycles. The molecule has 0 aromatic heterocycles. The fourth-order valence-corrected chi connectivity index (χ4v) is 2.99. The molecule has 4 N–H and O–H groups in total. The van der Waals surface area contributed by atoms with Crippen LogP contribution in [-0.4, -0.2) is 12.5 Å². The van der Waals surface area contributed by atoms with Gasteiger partial charge in [-0.2, -0.15) is 0 Å². The predicted molar refractivity (Wildman–Crippen MR) is 85.6 cm³/mol. The minimum Gasteiger partial charge on any atom is -0.398 e. The highest BCUT2D eigenvalue weighted by molar-refractivity contribution is 6.31. The van der Waals surface area contributed by atoms with Crippen LogP contribution in [-0.2, 0) is 13.0 Å². The highest BCUT2D eigenvalue weighted by atomic mass is 35.5. The molecule has 3 rings (SSSR count). The summed E-state index contributed by atoms with van der Waals surface area (Å²) in [6.07, 6.45) is 0.840. The summed E-state index contributed by atoms with van der Waals surface area (Å²) >= 11 is 6.07. The van der Waals surface area contributed by atoms with E-state index in [1.54, 1.807) is 18.2 Å². The van der Waals surface area contributed by atoms with Crippen LogP contribution in [0.5, 0.6) is 0 Å². The molecule has 0 unspecified atom stereocenters. The van der Waals surface area contributed by atoms with E-state index in [9.17, 15) is 4.79 Å². The molecule has 1 aliphatic rings. The molecule has 0 atom stereocenters. The van der Waals surface area contributed by atoms with Crippen molar-refractivity contribution in [3.05, 3.63) is 58.1 Å². The highest BCUT2D eigenvalue weighted by Gasteiger charge is 2.21. The molecule has 1 amide bonds. The lowest BCUT2D eigenvalue weighted by molar-refractivity contribution is 0.100. The first kappa shape index (κ1) is 13.8. The highest BCUT2D eigenvalue weighted by Crippen LogP contribution is 2.31. The van der Waals surface area contributed by atoms with Crippen LogP contribution in [0.25, 0.3) is 0 Å². The van der Waals surface area contributed by atoms with Crippen LogP contribution in [0.15, 0.2) is 36.4 Å². The first-order chi connectivity index (χ1) is 10.1. The van der Waals surface area contributed by atoms with Crippen LogP contribution in [0.4, 0.5) is 11.4 Å². The van der Waals surface area contributed by atoms with E-state index in [4.69, 9.17) is 23.1 Å². The molecule has 21 heavy (non-hydrogen) atoms. The molecule has 0 aliphatic carbocycles. The molecule has 0 saturated heterocycles. The Labute approximate surface area is 128 Å². The number of rotatable bonds is 2. The third-order valence-corrected chi connectivity index (χ3v) is 4.10. The monoisotopic (exact) mass is 301 g/mol. The summed E-state index contributed by atoms with van der Waals surface area (Å²) in [5.41, 5.74) is 15.9. The Morgan fingerprint density at radius 2 is 2.05 bits per heavy atom. The first-order valence-corrected chi connectivity index (χ1v) is 7.14. The Kier molecular flexibility index (Phi) is 3.47. The minimum atomic E-state index is -0.444. The van der Waals surface area contributed by atoms with Gasteiger partial charge in [-0.1, -0.05) is 23.7 Å². The van der Waals surface area contributed by atoms with Crippen molar-refractivity contribution in [1.29, 1.82) is 0 Å². The maximum atomic E-state index is 11.6. The number of nitrogens with two attached hydrogens (primary N) is 2. The Bertz CT molecular complexity index is 715. The fraction of sp³-hybridized carbons (Fsp3) is 0.188. The van der Waals surface area contributed by atoms with E-state index < -0.39 is 5.91 Å². The van der Waals surface area contributed by atoms with Gasteiger partial charge in [-0.3, -0.25) is 4.79 Å². The summed E-state index contributed by atoms with van der Waals surface area (Å²) in [6.45, 7) is 1.48. The van der Waals surface area contributed by atoms with Crippen molar-refractivity contribution in [1.82, 2.24) is 0 Å². The van der Waals surface area contributed by atoms with Gasteiger partial charge in [0.05, 0.1) is 11.3 Å². The number of primary amides is 1. The SMILES string of the molecule is NC(=O)c1ccc(Cl)cc1N1CCc2c(N)cccc2C1. The summed E-state index contributed by atoms with van der Waals surface area (Å²) < 4.78 is 0. The van der Waals surface area contributed by atoms with E-state index in [2.05, 4.69) is 11.0 Å². The smallest absolute Gasteiger partial charge is 0.250 e. The number of anilines is 2. The van der Waals surface area contributed by atoms with Crippen LogP contribution in [0.1, 0.15) is 21.5 Å². The Balaban J connectivity index is 2.00. The number of amides is 1. The molecule has 0 fully saturated rings. The molecule has 0 saturated carbocycles. The lowest BCUT2D eigenvalue weighted by Crippen LogP contribution is -2.32. The van der Waals surface area contributed by atoms with Gasteiger partial charge >= 0.3 is 0 Å². The topological polar surface area (TPSA) is 72.4 Å². The number of halogens is 1. The fourth-order valence-electron chi connectivity index (χ4n) is 2.82. The molecule has 2 aromatic rings. The molecule has 1 heterocycles. The normalized spacial score (nSPS) is 13.9. The van der Waals surface area contributed by atoms with Gasteiger partial charge in [-0.15, -0.1) is 0 Å². The van der Waals surface area contributed by atoms with Crippen molar-refractivity contribution in [2.24, 2.45) is 5.73 Å². The van der Waals surface area contributed by atoms with Crippen molar-refractivity contribution in [2.45, 2.75) is 13.0 Å². The lowest BCUT2D eigenvalue weighted by Gasteiger charge is -2.32. The summed E-state index contributed by atoms with van der Waals surface area (Å²) in [5.74, 6) is -0.444. The number of carbonyl (C=O) groups is 1. The molecule has 0 radical (unpaired) electrons. The molecule has 0 bridgehead atoms. The van der Waals surface area contributed by atoms with Gasteiger partial charge in [-0.25, -0.2) is 0 Å². The zero-order chi connectivity index (χ0) is 15.0. The first-order valence-electron chi connectivity index (χ1n) is 6.77. The Morgan fingerprint density at radius 1 is 1.24 bits per heavy atom. The van der Waals surface area contributed by atoms with E-state index in [0.717, 1.165) is 24.3 Å². The molecular formula is C16H16ClN3O. The van der Waals surface area contributed by atoms with Gasteiger partial charge in [-0.05, 0) is 41.8 Å². The van der Waals surface area contributed by atoms with Gasteiger partial charge in [0.1, 0.15) is 0 Å². The van der Waals surface area contributed by atoms with Crippen LogP contribution >= 0.6 is 11.6 Å². The van der Waals surface area contributed by atoms with Gasteiger partial charge in [0.2, 0.25) is 0 Å². The number of hydrogen-bond acceptors (Lipinski definition) is 3. The maximum Gasteiger partial charge on any atom is 0.250 e. The van der Waals surface area contributed by atoms with Crippen molar-refractivity contribution < 1.29 is 4.79 Å². The number of fused-ring (bicyclic) bond motifs is 1. The number of benzene rings is 2. The average molecular weight is 302 g/mol. The molecule has 4 nitrogen and oxygen atoms in total. The predicted octanol–water partition coefficient (Wildman–Crippen LogP) is 2.58. The largest absolute Gasteiger partial charge is 0.398 e. The quantitative estimate of drug-likeness (QED) is 0.837. The standard InChI is InChI=1S/C16H16ClN3O/c17-11-4-5-13(16(19)21)15(8-11)20-7-6-12-10(9-20)2-1-3-14(12)18/h1-5,8H,6-7,9,18H2,(H2,19,21). The summed E-state index contributed by atoms with van der Waals surface area (Å²) in [5, 5.41) is 0.591. The Hall–Kier alpha value is -2.20. The number of hydrogen-bond donors (Lipinski definition) is 2. The van der Waals surface area contributed by atoms with Gasteiger partial charge in [0, 0.05) is 23.8 Å². The zero-order valence-corrected chi connectivity index (χ0v) is 12.2. The van der Waals surface area contributed by atoms with E-state index in [-0.39, 0.29) is 0 Å². The second-order valence-electron chi connectivity index (χ2n) is 5.18. The Morgan fingerprint density at radius 3 is 2.81 bits per heavy atom. The van der Waals surface area contributed by atoms with E-state index >= 15 is 0 Å². The second kappa shape index (κ2) is 5.30. The molecule has 0 spiro atoms. The third kappa shape index (κ3) is 2.54. The van der Waals surface area contributed by atoms with E-state index in [1.165, 1.54) is 11.1 Å². The lowest BCUT2D eigenvalue weighted by atomic mass is 9.97. The van der Waals surface area contributed by atoms with Gasteiger partial charge < -0.3 is 16.4 Å². The van der Waals surface area contributed by atoms with Gasteiger partial charge in [0.15, 0.2) is 0 Å². The summed E-state index contributed by atoms with van der Waals surface area (Å²) in [4.78, 5) is 13.7. The number of nitrogen functional groups attached to an aromatic ring is 1. The molecule has 5 heteroatoms. The number of carbonyl (C=O) groups excluding carboxylic acids is 1. The number of nitrogens with zero attached hydrogens (tertiary/aromatic N) is 1. The molecule has 108 valence electrons. The van der Waals surface area contributed by atoms with Crippen molar-refractivity contribution >= 4 is 28.9 Å². The van der Waals surface area contributed by atoms with Crippen LogP contribution < -0.4 is 16.4 Å². The van der Waals surface area contributed by atoms with Crippen molar-refractivity contribution in [2.75, 3.05) is 17.2 Å². The minimum absolute atomic E-state index is 0.444. The average Bonchev–Trinajstić information content (AvgIpc) is 2.46. The van der Waals surface area contributed by atoms with E-state index in [1.807, 2.05) is 12.1 Å². The summed E-state index contributed by atoms with van der Waals surface area (Å²) in [6, 6.07) is 11.1. The van der Waals surface area contributed by atoms with Gasteiger partial charge in [0.25, 0.3) is 5.91 Å². The molecule has 2 aromatic carbocycles. The third-order valence-electron chi connectivity index (χ3n) is 3.87. The maximum absolute atomic E-state index is 11.6. The van der Waals surface area contributed by atoms with E-state index in [0.29, 0.717) is 17.1 Å².